The molecule has 1 amide bonds. The van der Waals surface area contributed by atoms with Gasteiger partial charge < -0.3 is 15.4 Å². The Morgan fingerprint density at radius 3 is 2.63 bits per heavy atom. The zero-order chi connectivity index (χ0) is 21.3. The molecule has 0 saturated carbocycles. The minimum absolute atomic E-state index is 0.0614. The molecular formula is C22H20N4O4. The summed E-state index contributed by atoms with van der Waals surface area (Å²) >= 11 is 0. The predicted octanol–water partition coefficient (Wildman–Crippen LogP) is 4.42. The van der Waals surface area contributed by atoms with Crippen molar-refractivity contribution in [3.63, 3.8) is 0 Å². The SMILES string of the molecule is CNc1ccc(C2Nc3ccccc3C(=O)N2c2cccc(OC)c2)cc1[N+](=O)[O-]. The van der Waals surface area contributed by atoms with Crippen molar-refractivity contribution in [2.75, 3.05) is 29.7 Å². The molecule has 0 aromatic heterocycles. The molecule has 0 aliphatic carbocycles. The summed E-state index contributed by atoms with van der Waals surface area (Å²) in [5, 5.41) is 17.7. The largest absolute Gasteiger partial charge is 0.497 e. The number of nitro groups is 1. The van der Waals surface area contributed by atoms with Gasteiger partial charge in [-0.1, -0.05) is 24.3 Å². The van der Waals surface area contributed by atoms with E-state index >= 15 is 0 Å². The van der Waals surface area contributed by atoms with Gasteiger partial charge in [0, 0.05) is 30.4 Å². The third-order valence-electron chi connectivity index (χ3n) is 5.06. The summed E-state index contributed by atoms with van der Waals surface area (Å²) in [5.41, 5.74) is 2.75. The van der Waals surface area contributed by atoms with E-state index in [1.165, 1.54) is 6.07 Å². The lowest BCUT2D eigenvalue weighted by atomic mass is 10.0. The standard InChI is InChI=1S/C22H20N4O4/c1-23-19-11-10-14(12-20(19)26(28)29)21-24-18-9-4-3-8-17(18)22(27)25(21)15-6-5-7-16(13-15)30-2/h3-13,21,23-24H,1-2H3. The van der Waals surface area contributed by atoms with Crippen LogP contribution in [0.4, 0.5) is 22.7 Å². The Balaban J connectivity index is 1.88. The number of nitrogens with one attached hydrogen (secondary N) is 2. The number of methoxy groups -OCH3 is 1. The second kappa shape index (κ2) is 7.75. The van der Waals surface area contributed by atoms with Crippen LogP contribution in [0.15, 0.2) is 66.7 Å². The van der Waals surface area contributed by atoms with Crippen LogP contribution in [-0.4, -0.2) is 25.0 Å². The number of nitro benzene ring substituents is 1. The quantitative estimate of drug-likeness (QED) is 0.483. The van der Waals surface area contributed by atoms with Gasteiger partial charge in [-0.05, 0) is 30.3 Å². The molecule has 1 aliphatic heterocycles. The number of anilines is 3. The van der Waals surface area contributed by atoms with E-state index in [1.807, 2.05) is 12.1 Å². The summed E-state index contributed by atoms with van der Waals surface area (Å²) in [6.07, 6.45) is -0.635. The first kappa shape index (κ1) is 19.3. The lowest BCUT2D eigenvalue weighted by Gasteiger charge is -2.38. The molecule has 4 rings (SSSR count). The topological polar surface area (TPSA) is 96.7 Å². The molecule has 0 fully saturated rings. The Labute approximate surface area is 173 Å². The number of carbonyl (C=O) groups excluding carboxylic acids is 1. The number of ether oxygens (including phenoxy) is 1. The number of para-hydroxylation sites is 1. The van der Waals surface area contributed by atoms with Gasteiger partial charge in [-0.2, -0.15) is 0 Å². The van der Waals surface area contributed by atoms with Gasteiger partial charge >= 0.3 is 0 Å². The Bertz CT molecular complexity index is 1130. The van der Waals surface area contributed by atoms with Gasteiger partial charge in [0.05, 0.1) is 23.3 Å². The van der Waals surface area contributed by atoms with Gasteiger partial charge in [-0.3, -0.25) is 19.8 Å². The van der Waals surface area contributed by atoms with Crippen molar-refractivity contribution in [2.45, 2.75) is 6.17 Å². The first-order chi connectivity index (χ1) is 14.5. The number of amides is 1. The van der Waals surface area contributed by atoms with E-state index in [9.17, 15) is 14.9 Å². The number of benzene rings is 3. The van der Waals surface area contributed by atoms with Crippen molar-refractivity contribution in [3.05, 3.63) is 88.0 Å². The fourth-order valence-electron chi connectivity index (χ4n) is 3.59. The van der Waals surface area contributed by atoms with Crippen molar-refractivity contribution in [3.8, 4) is 5.75 Å². The van der Waals surface area contributed by atoms with Crippen molar-refractivity contribution in [1.82, 2.24) is 0 Å². The molecule has 3 aromatic rings. The van der Waals surface area contributed by atoms with Gasteiger partial charge in [-0.25, -0.2) is 0 Å². The van der Waals surface area contributed by atoms with Gasteiger partial charge in [0.25, 0.3) is 11.6 Å². The van der Waals surface area contributed by atoms with Crippen LogP contribution < -0.4 is 20.3 Å². The average molecular weight is 404 g/mol. The third-order valence-corrected chi connectivity index (χ3v) is 5.06. The first-order valence-electron chi connectivity index (χ1n) is 9.32. The highest BCUT2D eigenvalue weighted by Gasteiger charge is 2.35. The average Bonchev–Trinajstić information content (AvgIpc) is 2.78. The van der Waals surface area contributed by atoms with E-state index < -0.39 is 11.1 Å². The monoisotopic (exact) mass is 404 g/mol. The molecule has 1 unspecified atom stereocenters. The Hall–Kier alpha value is -4.07. The van der Waals surface area contributed by atoms with Gasteiger partial charge in [0.1, 0.15) is 17.6 Å². The number of fused-ring (bicyclic) bond motifs is 1. The minimum atomic E-state index is -0.635. The summed E-state index contributed by atoms with van der Waals surface area (Å²) in [5.74, 6) is 0.400. The molecule has 30 heavy (non-hydrogen) atoms. The van der Waals surface area contributed by atoms with Crippen LogP contribution in [0.1, 0.15) is 22.1 Å². The summed E-state index contributed by atoms with van der Waals surface area (Å²) in [6.45, 7) is 0. The molecule has 8 heteroatoms. The number of carbonyl (C=O) groups is 1. The predicted molar refractivity (Wildman–Crippen MR) is 115 cm³/mol. The molecule has 2 N–H and O–H groups in total. The maximum absolute atomic E-state index is 13.4. The summed E-state index contributed by atoms with van der Waals surface area (Å²) < 4.78 is 5.32. The fourth-order valence-corrected chi connectivity index (χ4v) is 3.59. The Morgan fingerprint density at radius 2 is 1.90 bits per heavy atom. The van der Waals surface area contributed by atoms with Crippen LogP contribution in [-0.2, 0) is 0 Å². The zero-order valence-electron chi connectivity index (χ0n) is 16.5. The van der Waals surface area contributed by atoms with E-state index in [-0.39, 0.29) is 11.6 Å². The van der Waals surface area contributed by atoms with Crippen molar-refractivity contribution >= 4 is 28.7 Å². The number of rotatable bonds is 5. The fraction of sp³-hybridized carbons (Fsp3) is 0.136. The molecule has 8 nitrogen and oxygen atoms in total. The summed E-state index contributed by atoms with van der Waals surface area (Å²) in [4.78, 5) is 26.1. The summed E-state index contributed by atoms with van der Waals surface area (Å²) in [6, 6.07) is 19.3. The van der Waals surface area contributed by atoms with Crippen LogP contribution in [0.3, 0.4) is 0 Å². The number of nitrogens with zero attached hydrogens (tertiary/aromatic N) is 2. The molecule has 0 bridgehead atoms. The number of hydrogen-bond donors (Lipinski definition) is 2. The maximum Gasteiger partial charge on any atom is 0.292 e. The Morgan fingerprint density at radius 1 is 1.10 bits per heavy atom. The molecule has 0 radical (unpaired) electrons. The van der Waals surface area contributed by atoms with Crippen LogP contribution in [0, 0.1) is 10.1 Å². The van der Waals surface area contributed by atoms with Crippen LogP contribution in [0.5, 0.6) is 5.75 Å². The molecule has 0 spiro atoms. The van der Waals surface area contributed by atoms with Crippen molar-refractivity contribution in [1.29, 1.82) is 0 Å². The molecule has 0 saturated heterocycles. The highest BCUT2D eigenvalue weighted by atomic mass is 16.6. The molecule has 1 atom stereocenters. The highest BCUT2D eigenvalue weighted by molar-refractivity contribution is 6.12. The molecule has 1 aliphatic rings. The minimum Gasteiger partial charge on any atom is -0.497 e. The van der Waals surface area contributed by atoms with E-state index in [0.717, 1.165) is 0 Å². The molecular weight excluding hydrogens is 384 g/mol. The smallest absolute Gasteiger partial charge is 0.292 e. The summed E-state index contributed by atoms with van der Waals surface area (Å²) in [7, 11) is 3.19. The van der Waals surface area contributed by atoms with E-state index in [0.29, 0.717) is 33.9 Å². The first-order valence-corrected chi connectivity index (χ1v) is 9.32. The van der Waals surface area contributed by atoms with E-state index in [4.69, 9.17) is 4.74 Å². The lowest BCUT2D eigenvalue weighted by Crippen LogP contribution is -2.43. The maximum atomic E-state index is 13.4. The van der Waals surface area contributed by atoms with Crippen LogP contribution in [0.25, 0.3) is 0 Å². The molecule has 3 aromatic carbocycles. The third kappa shape index (κ3) is 3.28. The van der Waals surface area contributed by atoms with Gasteiger partial charge in [-0.15, -0.1) is 0 Å². The second-order valence-electron chi connectivity index (χ2n) is 6.75. The van der Waals surface area contributed by atoms with Gasteiger partial charge in [0.2, 0.25) is 0 Å². The van der Waals surface area contributed by atoms with E-state index in [1.54, 1.807) is 67.6 Å². The van der Waals surface area contributed by atoms with Crippen molar-refractivity contribution in [2.24, 2.45) is 0 Å². The highest BCUT2D eigenvalue weighted by Crippen LogP contribution is 2.39. The van der Waals surface area contributed by atoms with Crippen LogP contribution in [0.2, 0.25) is 0 Å². The second-order valence-corrected chi connectivity index (χ2v) is 6.75. The number of hydrogen-bond acceptors (Lipinski definition) is 6. The van der Waals surface area contributed by atoms with Crippen molar-refractivity contribution < 1.29 is 14.5 Å². The molecule has 1 heterocycles. The van der Waals surface area contributed by atoms with Gasteiger partial charge in [0.15, 0.2) is 0 Å². The Kier molecular flexibility index (Phi) is 4.97. The van der Waals surface area contributed by atoms with Crippen LogP contribution >= 0.6 is 0 Å². The zero-order valence-corrected chi connectivity index (χ0v) is 16.5. The molecule has 152 valence electrons. The van der Waals surface area contributed by atoms with E-state index in [2.05, 4.69) is 10.6 Å². The lowest BCUT2D eigenvalue weighted by molar-refractivity contribution is -0.384. The normalized spacial score (nSPS) is 15.2.